The van der Waals surface area contributed by atoms with Gasteiger partial charge in [0.25, 0.3) is 0 Å². The van der Waals surface area contributed by atoms with Crippen LogP contribution in [0.15, 0.2) is 18.2 Å². The second-order valence-electron chi connectivity index (χ2n) is 3.36. The zero-order valence-corrected chi connectivity index (χ0v) is 8.73. The van der Waals surface area contributed by atoms with E-state index in [4.69, 9.17) is 16.7 Å². The Bertz CT molecular complexity index is 349. The molecule has 1 rings (SSSR count). The Kier molecular flexibility index (Phi) is 3.62. The molecular weight excluding hydrogens is 229 g/mol. The van der Waals surface area contributed by atoms with Gasteiger partial charge in [0.1, 0.15) is 0 Å². The van der Waals surface area contributed by atoms with Crippen LogP contribution < -0.4 is 0 Å². The first-order chi connectivity index (χ1) is 6.80. The lowest BCUT2D eigenvalue weighted by molar-refractivity contribution is -0.203. The normalized spacial score (nSPS) is 14.0. The van der Waals surface area contributed by atoms with Crippen molar-refractivity contribution in [1.29, 1.82) is 0 Å². The van der Waals surface area contributed by atoms with Gasteiger partial charge in [-0.3, -0.25) is 0 Å². The molecule has 0 spiro atoms. The number of rotatable bonds is 2. The molecule has 0 saturated carbocycles. The average Bonchev–Trinajstić information content (AvgIpc) is 2.08. The molecule has 1 N–H and O–H groups in total. The van der Waals surface area contributed by atoms with E-state index in [1.54, 1.807) is 19.1 Å². The summed E-state index contributed by atoms with van der Waals surface area (Å²) in [5.74, 6) is 0. The SMILES string of the molecule is Cc1ccc(C[C@@H](O)C(F)(F)F)c(Cl)c1. The molecule has 15 heavy (non-hydrogen) atoms. The summed E-state index contributed by atoms with van der Waals surface area (Å²) in [5.41, 5.74) is 1.16. The standard InChI is InChI=1S/C10H10ClF3O/c1-6-2-3-7(8(11)4-6)5-9(15)10(12,13)14/h2-4,9,15H,5H2,1H3/t9-/m1/s1. The Morgan fingerprint density at radius 2 is 2.00 bits per heavy atom. The van der Waals surface area contributed by atoms with Crippen LogP contribution in [0.5, 0.6) is 0 Å². The van der Waals surface area contributed by atoms with Crippen LogP contribution in [0.25, 0.3) is 0 Å². The minimum Gasteiger partial charge on any atom is -0.383 e. The fraction of sp³-hybridized carbons (Fsp3) is 0.400. The van der Waals surface area contributed by atoms with Gasteiger partial charge in [-0.25, -0.2) is 0 Å². The fourth-order valence-electron chi connectivity index (χ4n) is 1.14. The summed E-state index contributed by atoms with van der Waals surface area (Å²) in [6, 6.07) is 4.72. The highest BCUT2D eigenvalue weighted by Gasteiger charge is 2.38. The fourth-order valence-corrected chi connectivity index (χ4v) is 1.45. The summed E-state index contributed by atoms with van der Waals surface area (Å²) in [4.78, 5) is 0. The largest absolute Gasteiger partial charge is 0.414 e. The van der Waals surface area contributed by atoms with Crippen molar-refractivity contribution in [2.75, 3.05) is 0 Å². The Hall–Kier alpha value is -0.740. The first kappa shape index (κ1) is 12.3. The minimum atomic E-state index is -4.60. The molecule has 1 aromatic rings. The maximum Gasteiger partial charge on any atom is 0.414 e. The molecule has 0 fully saturated rings. The first-order valence-corrected chi connectivity index (χ1v) is 4.68. The number of hydrogen-bond donors (Lipinski definition) is 1. The molecule has 1 nitrogen and oxygen atoms in total. The van der Waals surface area contributed by atoms with Crippen LogP contribution in [0.4, 0.5) is 13.2 Å². The third-order valence-electron chi connectivity index (χ3n) is 2.00. The van der Waals surface area contributed by atoms with Crippen LogP contribution in [-0.4, -0.2) is 17.4 Å². The van der Waals surface area contributed by atoms with Gasteiger partial charge in [-0.1, -0.05) is 23.7 Å². The second kappa shape index (κ2) is 4.41. The number of hydrogen-bond acceptors (Lipinski definition) is 1. The molecule has 0 saturated heterocycles. The van der Waals surface area contributed by atoms with E-state index in [0.29, 0.717) is 5.56 Å². The lowest BCUT2D eigenvalue weighted by atomic mass is 10.1. The van der Waals surface area contributed by atoms with E-state index in [2.05, 4.69) is 0 Å². The van der Waals surface area contributed by atoms with Gasteiger partial charge in [-0.05, 0) is 24.1 Å². The molecule has 0 aliphatic heterocycles. The molecule has 1 aromatic carbocycles. The molecule has 0 radical (unpaired) electrons. The maximum atomic E-state index is 12.1. The van der Waals surface area contributed by atoms with Crippen molar-refractivity contribution in [1.82, 2.24) is 0 Å². The predicted molar refractivity (Wildman–Crippen MR) is 52.0 cm³/mol. The average molecular weight is 239 g/mol. The lowest BCUT2D eigenvalue weighted by Gasteiger charge is -2.15. The van der Waals surface area contributed by atoms with E-state index in [1.165, 1.54) is 6.07 Å². The van der Waals surface area contributed by atoms with E-state index in [1.807, 2.05) is 0 Å². The van der Waals surface area contributed by atoms with E-state index >= 15 is 0 Å². The van der Waals surface area contributed by atoms with Crippen LogP contribution in [0, 0.1) is 6.92 Å². The quantitative estimate of drug-likeness (QED) is 0.839. The molecule has 84 valence electrons. The van der Waals surface area contributed by atoms with Crippen LogP contribution in [-0.2, 0) is 6.42 Å². The van der Waals surface area contributed by atoms with Crippen molar-refractivity contribution in [3.63, 3.8) is 0 Å². The topological polar surface area (TPSA) is 20.2 Å². The number of halogens is 4. The van der Waals surface area contributed by atoms with Gasteiger partial charge in [0.15, 0.2) is 6.10 Å². The van der Waals surface area contributed by atoms with Crippen molar-refractivity contribution < 1.29 is 18.3 Å². The molecule has 0 bridgehead atoms. The molecule has 0 unspecified atom stereocenters. The zero-order valence-electron chi connectivity index (χ0n) is 7.98. The monoisotopic (exact) mass is 238 g/mol. The zero-order chi connectivity index (χ0) is 11.6. The molecule has 0 amide bonds. The number of aryl methyl sites for hydroxylation is 1. The molecule has 5 heteroatoms. The third-order valence-corrected chi connectivity index (χ3v) is 2.35. The second-order valence-corrected chi connectivity index (χ2v) is 3.76. The highest BCUT2D eigenvalue weighted by Crippen LogP contribution is 2.26. The van der Waals surface area contributed by atoms with Gasteiger partial charge in [0, 0.05) is 11.4 Å². The molecule has 1 atom stereocenters. The lowest BCUT2D eigenvalue weighted by Crippen LogP contribution is -2.30. The van der Waals surface area contributed by atoms with E-state index in [0.717, 1.165) is 5.56 Å². The van der Waals surface area contributed by atoms with E-state index in [9.17, 15) is 13.2 Å². The van der Waals surface area contributed by atoms with Crippen LogP contribution in [0.2, 0.25) is 5.02 Å². The maximum absolute atomic E-state index is 12.1. The summed E-state index contributed by atoms with van der Waals surface area (Å²) in [7, 11) is 0. The predicted octanol–water partition coefficient (Wildman–Crippen LogP) is 3.11. The molecule has 0 aromatic heterocycles. The van der Waals surface area contributed by atoms with Crippen LogP contribution in [0.3, 0.4) is 0 Å². The summed E-state index contributed by atoms with van der Waals surface area (Å²) in [5, 5.41) is 9.10. The van der Waals surface area contributed by atoms with Crippen LogP contribution in [0.1, 0.15) is 11.1 Å². The summed E-state index contributed by atoms with van der Waals surface area (Å²) < 4.78 is 36.2. The first-order valence-electron chi connectivity index (χ1n) is 4.30. The van der Waals surface area contributed by atoms with Gasteiger partial charge in [-0.15, -0.1) is 0 Å². The van der Waals surface area contributed by atoms with Crippen molar-refractivity contribution in [2.24, 2.45) is 0 Å². The van der Waals surface area contributed by atoms with Gasteiger partial charge in [0.2, 0.25) is 0 Å². The number of aliphatic hydroxyl groups is 1. The van der Waals surface area contributed by atoms with Gasteiger partial charge in [-0.2, -0.15) is 13.2 Å². The summed E-state index contributed by atoms with van der Waals surface area (Å²) in [6.07, 6.45) is -7.48. The Labute approximate surface area is 90.5 Å². The third kappa shape index (κ3) is 3.39. The highest BCUT2D eigenvalue weighted by atomic mass is 35.5. The highest BCUT2D eigenvalue weighted by molar-refractivity contribution is 6.31. The number of alkyl halides is 3. The van der Waals surface area contributed by atoms with Gasteiger partial charge < -0.3 is 5.11 Å². The van der Waals surface area contributed by atoms with Crippen molar-refractivity contribution in [3.8, 4) is 0 Å². The van der Waals surface area contributed by atoms with Crippen LogP contribution >= 0.6 is 11.6 Å². The molecule has 0 aliphatic rings. The Morgan fingerprint density at radius 1 is 1.40 bits per heavy atom. The van der Waals surface area contributed by atoms with Gasteiger partial charge in [0.05, 0.1) is 0 Å². The van der Waals surface area contributed by atoms with E-state index in [-0.39, 0.29) is 5.02 Å². The summed E-state index contributed by atoms with van der Waals surface area (Å²) in [6.45, 7) is 1.79. The van der Waals surface area contributed by atoms with Crippen molar-refractivity contribution >= 4 is 11.6 Å². The van der Waals surface area contributed by atoms with Crippen molar-refractivity contribution in [2.45, 2.75) is 25.6 Å². The molecule has 0 heterocycles. The Morgan fingerprint density at radius 3 is 2.47 bits per heavy atom. The number of aliphatic hydroxyl groups excluding tert-OH is 1. The minimum absolute atomic E-state index is 0.248. The Balaban J connectivity index is 2.82. The smallest absolute Gasteiger partial charge is 0.383 e. The molecular formula is C10H10ClF3O. The van der Waals surface area contributed by atoms with Gasteiger partial charge >= 0.3 is 6.18 Å². The summed E-state index contributed by atoms with van der Waals surface area (Å²) >= 11 is 5.75. The van der Waals surface area contributed by atoms with E-state index < -0.39 is 18.7 Å². The number of benzene rings is 1. The molecule has 0 aliphatic carbocycles. The van der Waals surface area contributed by atoms with Crippen molar-refractivity contribution in [3.05, 3.63) is 34.3 Å².